The van der Waals surface area contributed by atoms with Crippen LogP contribution in [-0.2, 0) is 4.74 Å². The Hall–Kier alpha value is -0.770. The third kappa shape index (κ3) is 2.63. The van der Waals surface area contributed by atoms with Crippen LogP contribution in [0.3, 0.4) is 0 Å². The Morgan fingerprint density at radius 3 is 2.50 bits per heavy atom. The van der Waals surface area contributed by atoms with Crippen LogP contribution in [0.25, 0.3) is 0 Å². The van der Waals surface area contributed by atoms with Gasteiger partial charge in [-0.1, -0.05) is 13.8 Å². The summed E-state index contributed by atoms with van der Waals surface area (Å²) in [5, 5.41) is 3.57. The van der Waals surface area contributed by atoms with Crippen LogP contribution in [0.4, 0.5) is 0 Å². The highest BCUT2D eigenvalue weighted by atomic mass is 16.5. The maximum atomic E-state index is 6.12. The summed E-state index contributed by atoms with van der Waals surface area (Å²) in [5.41, 5.74) is 0.105. The van der Waals surface area contributed by atoms with E-state index in [1.54, 1.807) is 0 Å². The molecule has 0 amide bonds. The van der Waals surface area contributed by atoms with Gasteiger partial charge >= 0.3 is 0 Å². The molecular weight excluding hydrogens is 226 g/mol. The fraction of sp³-hybridized carbons (Fsp3) is 0.929. The zero-order chi connectivity index (χ0) is 13.6. The molecule has 1 aliphatic heterocycles. The lowest BCUT2D eigenvalue weighted by molar-refractivity contribution is -0.170. The molecule has 0 aromatic heterocycles. The molecule has 1 heterocycles. The van der Waals surface area contributed by atoms with Crippen molar-refractivity contribution in [2.45, 2.75) is 58.8 Å². The van der Waals surface area contributed by atoms with Gasteiger partial charge in [0, 0.05) is 25.0 Å². The van der Waals surface area contributed by atoms with E-state index in [0.29, 0.717) is 12.1 Å². The number of rotatable bonds is 2. The number of likely N-dealkylation sites (N-methyl/N-ethyl adjacent to an activating group) is 1. The number of ether oxygens (including phenoxy) is 1. The molecule has 0 aromatic carbocycles. The van der Waals surface area contributed by atoms with E-state index in [-0.39, 0.29) is 11.0 Å². The Bertz CT molecular complexity index is 343. The molecule has 2 atom stereocenters. The predicted octanol–water partition coefficient (Wildman–Crippen LogP) is 1.86. The molecule has 0 unspecified atom stereocenters. The summed E-state index contributed by atoms with van der Waals surface area (Å²) in [6.45, 7) is 12.9. The first-order chi connectivity index (χ1) is 8.20. The van der Waals surface area contributed by atoms with Gasteiger partial charge in [0.2, 0.25) is 0 Å². The van der Waals surface area contributed by atoms with E-state index in [0.717, 1.165) is 25.5 Å². The summed E-state index contributed by atoms with van der Waals surface area (Å²) < 4.78 is 6.12. The zero-order valence-electron chi connectivity index (χ0n) is 12.6. The smallest absolute Gasteiger partial charge is 0.194 e. The van der Waals surface area contributed by atoms with Gasteiger partial charge in [0.05, 0.1) is 18.2 Å². The Kier molecular flexibility index (Phi) is 3.34. The number of hydrogen-bond acceptors (Lipinski definition) is 4. The zero-order valence-corrected chi connectivity index (χ0v) is 12.6. The second-order valence-electron chi connectivity index (χ2n) is 7.10. The average molecular weight is 253 g/mol. The van der Waals surface area contributed by atoms with Crippen molar-refractivity contribution < 1.29 is 4.74 Å². The molecule has 2 rings (SSSR count). The lowest BCUT2D eigenvalue weighted by atomic mass is 9.64. The molecule has 0 radical (unpaired) electrons. The van der Waals surface area contributed by atoms with E-state index in [1.165, 1.54) is 0 Å². The molecule has 104 valence electrons. The van der Waals surface area contributed by atoms with Gasteiger partial charge in [-0.3, -0.25) is 4.99 Å². The molecule has 1 fully saturated rings. The van der Waals surface area contributed by atoms with E-state index >= 15 is 0 Å². The molecule has 0 bridgehead atoms. The molecule has 4 heteroatoms. The van der Waals surface area contributed by atoms with Gasteiger partial charge in [-0.25, -0.2) is 0 Å². The Morgan fingerprint density at radius 1 is 1.39 bits per heavy atom. The normalized spacial score (nSPS) is 31.0. The van der Waals surface area contributed by atoms with Gasteiger partial charge in [-0.2, -0.15) is 0 Å². The first kappa shape index (κ1) is 13.7. The largest absolute Gasteiger partial charge is 0.372 e. The maximum Gasteiger partial charge on any atom is 0.194 e. The van der Waals surface area contributed by atoms with Crippen molar-refractivity contribution in [3.8, 4) is 0 Å². The Labute approximate surface area is 111 Å². The standard InChI is InChI=1S/C14H27N3O/c1-13(2,3)18-11-9-10(14(11,4)5)16-12-15-7-8-17(12)6/h10-11H,7-9H2,1-6H3,(H,15,16)/t10-,11+/m1/s1. The first-order valence-electron chi connectivity index (χ1n) is 6.90. The Morgan fingerprint density at radius 2 is 2.06 bits per heavy atom. The molecule has 0 spiro atoms. The molecule has 4 nitrogen and oxygen atoms in total. The van der Waals surface area contributed by atoms with E-state index < -0.39 is 0 Å². The fourth-order valence-electron chi connectivity index (χ4n) is 2.60. The predicted molar refractivity (Wildman–Crippen MR) is 74.9 cm³/mol. The van der Waals surface area contributed by atoms with E-state index in [2.05, 4.69) is 56.9 Å². The number of hydrogen-bond donors (Lipinski definition) is 1. The topological polar surface area (TPSA) is 36.9 Å². The molecule has 0 aromatic rings. The molecule has 18 heavy (non-hydrogen) atoms. The van der Waals surface area contributed by atoms with Crippen molar-refractivity contribution in [1.29, 1.82) is 0 Å². The van der Waals surface area contributed by atoms with Crippen molar-refractivity contribution in [2.24, 2.45) is 10.4 Å². The van der Waals surface area contributed by atoms with Crippen molar-refractivity contribution >= 4 is 5.96 Å². The third-order valence-corrected chi connectivity index (χ3v) is 4.04. The minimum atomic E-state index is -0.0609. The molecule has 0 saturated heterocycles. The molecule has 1 saturated carbocycles. The number of guanidine groups is 1. The van der Waals surface area contributed by atoms with Gasteiger partial charge in [-0.05, 0) is 27.2 Å². The highest BCUT2D eigenvalue weighted by Crippen LogP contribution is 2.44. The van der Waals surface area contributed by atoms with Crippen LogP contribution in [0.15, 0.2) is 4.99 Å². The van der Waals surface area contributed by atoms with E-state index in [9.17, 15) is 0 Å². The summed E-state index contributed by atoms with van der Waals surface area (Å²) in [6.07, 6.45) is 1.40. The number of nitrogens with zero attached hydrogens (tertiary/aromatic N) is 2. The van der Waals surface area contributed by atoms with Crippen LogP contribution < -0.4 is 5.32 Å². The minimum absolute atomic E-state index is 0.0609. The van der Waals surface area contributed by atoms with Crippen molar-refractivity contribution in [2.75, 3.05) is 20.1 Å². The highest BCUT2D eigenvalue weighted by molar-refractivity contribution is 5.81. The van der Waals surface area contributed by atoms with Crippen molar-refractivity contribution in [1.82, 2.24) is 10.2 Å². The van der Waals surface area contributed by atoms with Crippen LogP contribution in [0.5, 0.6) is 0 Å². The quantitative estimate of drug-likeness (QED) is 0.816. The summed E-state index contributed by atoms with van der Waals surface area (Å²) >= 11 is 0. The second kappa shape index (κ2) is 4.41. The van der Waals surface area contributed by atoms with Crippen LogP contribution in [-0.4, -0.2) is 48.7 Å². The van der Waals surface area contributed by atoms with Gasteiger partial charge in [-0.15, -0.1) is 0 Å². The fourth-order valence-corrected chi connectivity index (χ4v) is 2.60. The number of aliphatic imine (C=N–C) groups is 1. The molecule has 1 N–H and O–H groups in total. The Balaban J connectivity index is 1.91. The second-order valence-corrected chi connectivity index (χ2v) is 7.10. The minimum Gasteiger partial charge on any atom is -0.372 e. The SMILES string of the molecule is CN1CCN=C1N[C@@H]1C[C@H](OC(C)(C)C)C1(C)C. The van der Waals surface area contributed by atoms with Crippen LogP contribution in [0.1, 0.15) is 41.0 Å². The van der Waals surface area contributed by atoms with Crippen molar-refractivity contribution in [3.05, 3.63) is 0 Å². The van der Waals surface area contributed by atoms with Gasteiger partial charge in [0.1, 0.15) is 0 Å². The summed E-state index contributed by atoms with van der Waals surface area (Å²) in [4.78, 5) is 6.68. The summed E-state index contributed by atoms with van der Waals surface area (Å²) in [6, 6.07) is 0.462. The van der Waals surface area contributed by atoms with Gasteiger partial charge < -0.3 is 15.0 Å². The van der Waals surface area contributed by atoms with E-state index in [4.69, 9.17) is 4.74 Å². The lowest BCUT2D eigenvalue weighted by Crippen LogP contribution is -2.64. The van der Waals surface area contributed by atoms with Crippen LogP contribution in [0, 0.1) is 5.41 Å². The molecule has 1 aliphatic carbocycles. The number of nitrogens with one attached hydrogen (secondary N) is 1. The summed E-state index contributed by atoms with van der Waals surface area (Å²) in [7, 11) is 2.09. The third-order valence-electron chi connectivity index (χ3n) is 4.04. The van der Waals surface area contributed by atoms with Crippen LogP contribution >= 0.6 is 0 Å². The van der Waals surface area contributed by atoms with Gasteiger partial charge in [0.25, 0.3) is 0 Å². The highest BCUT2D eigenvalue weighted by Gasteiger charge is 2.50. The lowest BCUT2D eigenvalue weighted by Gasteiger charge is -2.54. The van der Waals surface area contributed by atoms with Gasteiger partial charge in [0.15, 0.2) is 5.96 Å². The summed E-state index contributed by atoms with van der Waals surface area (Å²) in [5.74, 6) is 1.04. The van der Waals surface area contributed by atoms with E-state index in [1.807, 2.05) is 0 Å². The molecular formula is C14H27N3O. The molecule has 2 aliphatic rings. The average Bonchev–Trinajstić information content (AvgIpc) is 2.61. The maximum absolute atomic E-state index is 6.12. The first-order valence-corrected chi connectivity index (χ1v) is 6.90. The monoisotopic (exact) mass is 253 g/mol. The van der Waals surface area contributed by atoms with Crippen LogP contribution in [0.2, 0.25) is 0 Å². The van der Waals surface area contributed by atoms with Crippen molar-refractivity contribution in [3.63, 3.8) is 0 Å².